The zero-order valence-corrected chi connectivity index (χ0v) is 10.7. The third-order valence-electron chi connectivity index (χ3n) is 3.72. The van der Waals surface area contributed by atoms with Crippen LogP contribution in [0.4, 0.5) is 0 Å². The SMILES string of the molecule is CN1CCN(CCNC2CCC(=O)NC2)CC1. The second-order valence-electron chi connectivity index (χ2n) is 5.14. The Morgan fingerprint density at radius 1 is 1.35 bits per heavy atom. The molecule has 0 aromatic heterocycles. The smallest absolute Gasteiger partial charge is 0.220 e. The highest BCUT2D eigenvalue weighted by Crippen LogP contribution is 2.02. The van der Waals surface area contributed by atoms with E-state index in [9.17, 15) is 4.79 Å². The molecule has 5 nitrogen and oxygen atoms in total. The average molecular weight is 240 g/mol. The highest BCUT2D eigenvalue weighted by molar-refractivity contribution is 5.76. The van der Waals surface area contributed by atoms with Crippen LogP contribution in [0.15, 0.2) is 0 Å². The maximum absolute atomic E-state index is 11.0. The van der Waals surface area contributed by atoms with E-state index in [0.29, 0.717) is 12.5 Å². The Morgan fingerprint density at radius 2 is 2.12 bits per heavy atom. The van der Waals surface area contributed by atoms with Crippen molar-refractivity contribution in [2.75, 3.05) is 52.9 Å². The predicted octanol–water partition coefficient (Wildman–Crippen LogP) is -0.898. The Hall–Kier alpha value is -0.650. The molecule has 0 aromatic rings. The lowest BCUT2D eigenvalue weighted by Crippen LogP contribution is -2.50. The summed E-state index contributed by atoms with van der Waals surface area (Å²) in [7, 11) is 2.18. The molecule has 1 unspecified atom stereocenters. The molecule has 0 spiro atoms. The van der Waals surface area contributed by atoms with Crippen molar-refractivity contribution < 1.29 is 4.79 Å². The third kappa shape index (κ3) is 4.26. The quantitative estimate of drug-likeness (QED) is 0.669. The summed E-state index contributed by atoms with van der Waals surface area (Å²) in [4.78, 5) is 15.9. The van der Waals surface area contributed by atoms with Crippen LogP contribution in [0.5, 0.6) is 0 Å². The first-order chi connectivity index (χ1) is 8.24. The molecule has 2 fully saturated rings. The molecule has 2 N–H and O–H groups in total. The molecular formula is C12H24N4O. The standard InChI is InChI=1S/C12H24N4O/c1-15-6-8-16(9-7-15)5-4-13-11-2-3-12(17)14-10-11/h11,13H,2-10H2,1H3,(H,14,17). The molecule has 0 aromatic carbocycles. The van der Waals surface area contributed by atoms with Gasteiger partial charge in [-0.3, -0.25) is 9.69 Å². The van der Waals surface area contributed by atoms with Crippen LogP contribution in [0.25, 0.3) is 0 Å². The van der Waals surface area contributed by atoms with Crippen molar-refractivity contribution in [1.29, 1.82) is 0 Å². The summed E-state index contributed by atoms with van der Waals surface area (Å²) in [5.41, 5.74) is 0. The summed E-state index contributed by atoms with van der Waals surface area (Å²) in [6.07, 6.45) is 1.65. The van der Waals surface area contributed by atoms with Crippen LogP contribution in [0.1, 0.15) is 12.8 Å². The number of piperazine rings is 1. The number of carbonyl (C=O) groups is 1. The average Bonchev–Trinajstić information content (AvgIpc) is 2.34. The van der Waals surface area contributed by atoms with E-state index < -0.39 is 0 Å². The number of hydrogen-bond donors (Lipinski definition) is 2. The molecule has 17 heavy (non-hydrogen) atoms. The van der Waals surface area contributed by atoms with Gasteiger partial charge in [0.1, 0.15) is 0 Å². The fraction of sp³-hybridized carbons (Fsp3) is 0.917. The maximum atomic E-state index is 11.0. The van der Waals surface area contributed by atoms with Gasteiger partial charge in [0.25, 0.3) is 0 Å². The van der Waals surface area contributed by atoms with Gasteiger partial charge in [0.05, 0.1) is 0 Å². The molecule has 5 heteroatoms. The van der Waals surface area contributed by atoms with Gasteiger partial charge in [-0.2, -0.15) is 0 Å². The lowest BCUT2D eigenvalue weighted by Gasteiger charge is -2.33. The normalized spacial score (nSPS) is 28.1. The molecule has 0 saturated carbocycles. The van der Waals surface area contributed by atoms with E-state index in [0.717, 1.165) is 26.1 Å². The maximum Gasteiger partial charge on any atom is 0.220 e. The first kappa shape index (κ1) is 12.8. The van der Waals surface area contributed by atoms with Crippen molar-refractivity contribution in [3.8, 4) is 0 Å². The molecule has 1 atom stereocenters. The molecule has 1 amide bonds. The molecule has 2 rings (SSSR count). The number of likely N-dealkylation sites (N-methyl/N-ethyl adjacent to an activating group) is 1. The summed E-state index contributed by atoms with van der Waals surface area (Å²) in [6, 6.07) is 0.472. The van der Waals surface area contributed by atoms with Gasteiger partial charge in [0, 0.05) is 58.3 Å². The third-order valence-corrected chi connectivity index (χ3v) is 3.72. The number of piperidine rings is 1. The molecule has 0 radical (unpaired) electrons. The summed E-state index contributed by atoms with van der Waals surface area (Å²) in [6.45, 7) is 7.67. The molecule has 98 valence electrons. The van der Waals surface area contributed by atoms with Gasteiger partial charge in [0.2, 0.25) is 5.91 Å². The summed E-state index contributed by atoms with van der Waals surface area (Å²) >= 11 is 0. The predicted molar refractivity (Wildman–Crippen MR) is 68.0 cm³/mol. The number of nitrogens with one attached hydrogen (secondary N) is 2. The van der Waals surface area contributed by atoms with Crippen LogP contribution in [0, 0.1) is 0 Å². The highest BCUT2D eigenvalue weighted by atomic mass is 16.1. The largest absolute Gasteiger partial charge is 0.355 e. The van der Waals surface area contributed by atoms with Crippen molar-refractivity contribution in [3.63, 3.8) is 0 Å². The van der Waals surface area contributed by atoms with Gasteiger partial charge < -0.3 is 15.5 Å². The first-order valence-corrected chi connectivity index (χ1v) is 6.65. The fourth-order valence-electron chi connectivity index (χ4n) is 2.41. The highest BCUT2D eigenvalue weighted by Gasteiger charge is 2.18. The van der Waals surface area contributed by atoms with Gasteiger partial charge in [0.15, 0.2) is 0 Å². The molecule has 2 heterocycles. The number of carbonyl (C=O) groups excluding carboxylic acids is 1. The van der Waals surface area contributed by atoms with Gasteiger partial charge in [-0.1, -0.05) is 0 Å². The minimum atomic E-state index is 0.196. The second-order valence-corrected chi connectivity index (χ2v) is 5.14. The molecule has 2 aliphatic heterocycles. The molecule has 0 bridgehead atoms. The summed E-state index contributed by atoms with van der Waals surface area (Å²) < 4.78 is 0. The van der Waals surface area contributed by atoms with E-state index in [1.807, 2.05) is 0 Å². The molecule has 0 aliphatic carbocycles. The summed E-state index contributed by atoms with van der Waals surface area (Å²) in [5, 5.41) is 6.44. The van der Waals surface area contributed by atoms with Gasteiger partial charge in [-0.25, -0.2) is 0 Å². The Bertz CT molecular complexity index is 241. The first-order valence-electron chi connectivity index (χ1n) is 6.65. The fourth-order valence-corrected chi connectivity index (χ4v) is 2.41. The van der Waals surface area contributed by atoms with Gasteiger partial charge in [-0.15, -0.1) is 0 Å². The van der Waals surface area contributed by atoms with Crippen LogP contribution in [0.2, 0.25) is 0 Å². The van der Waals surface area contributed by atoms with E-state index in [2.05, 4.69) is 27.5 Å². The Kier molecular flexibility index (Phi) is 4.76. The van der Waals surface area contributed by atoms with E-state index in [4.69, 9.17) is 0 Å². The van der Waals surface area contributed by atoms with Crippen LogP contribution in [-0.4, -0.2) is 74.6 Å². The van der Waals surface area contributed by atoms with Crippen molar-refractivity contribution in [2.45, 2.75) is 18.9 Å². The van der Waals surface area contributed by atoms with Gasteiger partial charge >= 0.3 is 0 Å². The summed E-state index contributed by atoms with van der Waals surface area (Å²) in [5.74, 6) is 0.196. The number of rotatable bonds is 4. The van der Waals surface area contributed by atoms with Gasteiger partial charge in [-0.05, 0) is 13.5 Å². The van der Waals surface area contributed by atoms with Crippen molar-refractivity contribution in [2.24, 2.45) is 0 Å². The molecule has 2 aliphatic rings. The number of nitrogens with zero attached hydrogens (tertiary/aromatic N) is 2. The van der Waals surface area contributed by atoms with E-state index in [1.54, 1.807) is 0 Å². The van der Waals surface area contributed by atoms with Crippen LogP contribution in [-0.2, 0) is 4.79 Å². The topological polar surface area (TPSA) is 47.6 Å². The lowest BCUT2D eigenvalue weighted by atomic mass is 10.1. The van der Waals surface area contributed by atoms with E-state index in [1.165, 1.54) is 26.2 Å². The number of amides is 1. The minimum absolute atomic E-state index is 0.196. The molecule has 2 saturated heterocycles. The Balaban J connectivity index is 1.55. The van der Waals surface area contributed by atoms with Crippen LogP contribution < -0.4 is 10.6 Å². The monoisotopic (exact) mass is 240 g/mol. The van der Waals surface area contributed by atoms with Crippen LogP contribution >= 0.6 is 0 Å². The zero-order chi connectivity index (χ0) is 12.1. The number of hydrogen-bond acceptors (Lipinski definition) is 4. The second kappa shape index (κ2) is 6.33. The Morgan fingerprint density at radius 3 is 2.76 bits per heavy atom. The van der Waals surface area contributed by atoms with Crippen LogP contribution in [0.3, 0.4) is 0 Å². The lowest BCUT2D eigenvalue weighted by molar-refractivity contribution is -0.122. The van der Waals surface area contributed by atoms with Crippen molar-refractivity contribution in [1.82, 2.24) is 20.4 Å². The minimum Gasteiger partial charge on any atom is -0.355 e. The van der Waals surface area contributed by atoms with E-state index >= 15 is 0 Å². The van der Waals surface area contributed by atoms with E-state index in [-0.39, 0.29) is 5.91 Å². The van der Waals surface area contributed by atoms with Crippen molar-refractivity contribution in [3.05, 3.63) is 0 Å². The Labute approximate surface area is 104 Å². The zero-order valence-electron chi connectivity index (χ0n) is 10.7. The molecular weight excluding hydrogens is 216 g/mol. The van der Waals surface area contributed by atoms with Crippen molar-refractivity contribution >= 4 is 5.91 Å².